The summed E-state index contributed by atoms with van der Waals surface area (Å²) in [5, 5.41) is 4.03. The molecule has 0 saturated carbocycles. The van der Waals surface area contributed by atoms with Gasteiger partial charge in [-0.2, -0.15) is 0 Å². The van der Waals surface area contributed by atoms with E-state index in [0.717, 1.165) is 17.0 Å². The summed E-state index contributed by atoms with van der Waals surface area (Å²) in [4.78, 5) is 12.2. The number of hydrogen-bond acceptors (Lipinski definition) is 3. The van der Waals surface area contributed by atoms with Crippen molar-refractivity contribution >= 4 is 23.1 Å². The fourth-order valence-corrected chi connectivity index (χ4v) is 2.87. The third-order valence-electron chi connectivity index (χ3n) is 3.77. The normalized spacial score (nSPS) is 20.2. The van der Waals surface area contributed by atoms with E-state index < -0.39 is 0 Å². The first-order valence-corrected chi connectivity index (χ1v) is 7.43. The molecule has 0 heterocycles. The molecule has 0 radical (unpaired) electrons. The Kier molecular flexibility index (Phi) is 4.16. The van der Waals surface area contributed by atoms with Crippen molar-refractivity contribution < 1.29 is 9.53 Å². The minimum Gasteiger partial charge on any atom is -0.497 e. The molecule has 1 N–H and O–H groups in total. The van der Waals surface area contributed by atoms with Crippen LogP contribution in [0.4, 0.5) is 5.69 Å². The Morgan fingerprint density at radius 3 is 2.59 bits per heavy atom. The number of ketones is 1. The highest BCUT2D eigenvalue weighted by Gasteiger charge is 2.31. The van der Waals surface area contributed by atoms with Crippen molar-refractivity contribution in [1.82, 2.24) is 0 Å². The predicted molar refractivity (Wildman–Crippen MR) is 88.7 cm³/mol. The Morgan fingerprint density at radius 1 is 1.14 bits per heavy atom. The maximum absolute atomic E-state index is 12.2. The molecule has 2 aromatic carbocycles. The lowest BCUT2D eigenvalue weighted by Gasteiger charge is -2.21. The zero-order chi connectivity index (χ0) is 15.5. The van der Waals surface area contributed by atoms with Gasteiger partial charge < -0.3 is 10.1 Å². The highest BCUT2D eigenvalue weighted by molar-refractivity contribution is 6.30. The molecular weight excluding hydrogens is 298 g/mol. The number of anilines is 1. The van der Waals surface area contributed by atoms with Gasteiger partial charge in [0.25, 0.3) is 0 Å². The number of ether oxygens (including phenoxy) is 1. The van der Waals surface area contributed by atoms with Crippen LogP contribution in [0.2, 0.25) is 5.02 Å². The Hall–Kier alpha value is -2.26. The van der Waals surface area contributed by atoms with Gasteiger partial charge in [-0.25, -0.2) is 0 Å². The number of halogens is 1. The minimum absolute atomic E-state index is 0.0839. The molecule has 112 valence electrons. The maximum atomic E-state index is 12.2. The second-order valence-corrected chi connectivity index (χ2v) is 5.63. The van der Waals surface area contributed by atoms with Gasteiger partial charge in [-0.3, -0.25) is 4.79 Å². The smallest absolute Gasteiger partial charge is 0.165 e. The Bertz CT molecular complexity index is 709. The number of carbonyl (C=O) groups is 1. The van der Waals surface area contributed by atoms with Gasteiger partial charge in [0.05, 0.1) is 19.1 Å². The monoisotopic (exact) mass is 313 g/mol. The van der Waals surface area contributed by atoms with Gasteiger partial charge in [-0.05, 0) is 42.0 Å². The Labute approximate surface area is 134 Å². The third-order valence-corrected chi connectivity index (χ3v) is 4.00. The fraction of sp³-hybridized carbons (Fsp3) is 0.167. The molecule has 0 unspecified atom stereocenters. The van der Waals surface area contributed by atoms with E-state index in [1.54, 1.807) is 13.2 Å². The summed E-state index contributed by atoms with van der Waals surface area (Å²) in [6.45, 7) is 0. The largest absolute Gasteiger partial charge is 0.497 e. The lowest BCUT2D eigenvalue weighted by Crippen LogP contribution is -2.26. The zero-order valence-corrected chi connectivity index (χ0v) is 12.9. The van der Waals surface area contributed by atoms with E-state index in [4.69, 9.17) is 16.3 Å². The van der Waals surface area contributed by atoms with Crippen molar-refractivity contribution in [3.8, 4) is 5.75 Å². The second kappa shape index (κ2) is 6.24. The standard InChI is InChI=1S/C18H16ClNO2/c1-22-15-7-5-12(6-8-15)18-16(9-10-17(18)21)20-14-4-2-3-13(19)11-14/h2-11,16,18,20H,1H3/t16-,18+/m0/s1. The molecule has 0 aliphatic heterocycles. The Morgan fingerprint density at radius 2 is 1.91 bits per heavy atom. The molecule has 0 aromatic heterocycles. The average molecular weight is 314 g/mol. The molecule has 22 heavy (non-hydrogen) atoms. The highest BCUT2D eigenvalue weighted by atomic mass is 35.5. The van der Waals surface area contributed by atoms with Crippen molar-refractivity contribution in [2.75, 3.05) is 12.4 Å². The molecule has 2 aromatic rings. The summed E-state index contributed by atoms with van der Waals surface area (Å²) >= 11 is 6.01. The van der Waals surface area contributed by atoms with Gasteiger partial charge in [-0.1, -0.05) is 35.9 Å². The number of methoxy groups -OCH3 is 1. The quantitative estimate of drug-likeness (QED) is 0.925. The van der Waals surface area contributed by atoms with E-state index in [0.29, 0.717) is 5.02 Å². The molecule has 0 bridgehead atoms. The lowest BCUT2D eigenvalue weighted by molar-refractivity contribution is -0.115. The summed E-state index contributed by atoms with van der Waals surface area (Å²) in [5.74, 6) is 0.649. The summed E-state index contributed by atoms with van der Waals surface area (Å²) in [6.07, 6.45) is 3.54. The van der Waals surface area contributed by atoms with Gasteiger partial charge in [-0.15, -0.1) is 0 Å². The first-order valence-electron chi connectivity index (χ1n) is 7.05. The van der Waals surface area contributed by atoms with Crippen LogP contribution in [0.3, 0.4) is 0 Å². The summed E-state index contributed by atoms with van der Waals surface area (Å²) in [5.41, 5.74) is 1.87. The van der Waals surface area contributed by atoms with Crippen LogP contribution in [-0.2, 0) is 4.79 Å². The number of benzene rings is 2. The van der Waals surface area contributed by atoms with Gasteiger partial charge in [0, 0.05) is 10.7 Å². The van der Waals surface area contributed by atoms with E-state index in [2.05, 4.69) is 5.32 Å². The molecule has 3 nitrogen and oxygen atoms in total. The van der Waals surface area contributed by atoms with Crippen molar-refractivity contribution in [3.05, 3.63) is 71.3 Å². The van der Waals surface area contributed by atoms with Crippen molar-refractivity contribution in [2.24, 2.45) is 0 Å². The second-order valence-electron chi connectivity index (χ2n) is 5.19. The number of nitrogens with one attached hydrogen (secondary N) is 1. The van der Waals surface area contributed by atoms with Crippen LogP contribution in [-0.4, -0.2) is 18.9 Å². The van der Waals surface area contributed by atoms with Crippen LogP contribution < -0.4 is 10.1 Å². The van der Waals surface area contributed by atoms with Crippen LogP contribution >= 0.6 is 11.6 Å². The van der Waals surface area contributed by atoms with Gasteiger partial charge in [0.2, 0.25) is 0 Å². The minimum atomic E-state index is -0.232. The number of carbonyl (C=O) groups excluding carboxylic acids is 1. The molecule has 3 rings (SSSR count). The molecule has 0 fully saturated rings. The molecule has 1 aliphatic rings. The maximum Gasteiger partial charge on any atom is 0.165 e. The van der Waals surface area contributed by atoms with E-state index in [1.165, 1.54) is 0 Å². The number of allylic oxidation sites excluding steroid dienone is 1. The van der Waals surface area contributed by atoms with Crippen molar-refractivity contribution in [2.45, 2.75) is 12.0 Å². The average Bonchev–Trinajstić information content (AvgIpc) is 2.88. The molecule has 0 saturated heterocycles. The summed E-state index contributed by atoms with van der Waals surface area (Å²) in [7, 11) is 1.63. The zero-order valence-electron chi connectivity index (χ0n) is 12.1. The van der Waals surface area contributed by atoms with E-state index >= 15 is 0 Å². The first-order chi connectivity index (χ1) is 10.7. The Balaban J connectivity index is 1.83. The van der Waals surface area contributed by atoms with Gasteiger partial charge >= 0.3 is 0 Å². The molecule has 2 atom stereocenters. The van der Waals surface area contributed by atoms with Crippen LogP contribution in [0.15, 0.2) is 60.7 Å². The highest BCUT2D eigenvalue weighted by Crippen LogP contribution is 2.31. The molecule has 0 spiro atoms. The van der Waals surface area contributed by atoms with Crippen LogP contribution in [0.1, 0.15) is 11.5 Å². The number of hydrogen-bond donors (Lipinski definition) is 1. The molecule has 0 amide bonds. The van der Waals surface area contributed by atoms with Crippen molar-refractivity contribution in [1.29, 1.82) is 0 Å². The first kappa shape index (κ1) is 14.7. The predicted octanol–water partition coefficient (Wildman–Crippen LogP) is 4.05. The summed E-state index contributed by atoms with van der Waals surface area (Å²) in [6, 6.07) is 15.0. The van der Waals surface area contributed by atoms with E-state index in [9.17, 15) is 4.79 Å². The summed E-state index contributed by atoms with van der Waals surface area (Å²) < 4.78 is 5.16. The van der Waals surface area contributed by atoms with Gasteiger partial charge in [0.1, 0.15) is 5.75 Å². The topological polar surface area (TPSA) is 38.3 Å². The lowest BCUT2D eigenvalue weighted by atomic mass is 9.92. The molecule has 1 aliphatic carbocycles. The van der Waals surface area contributed by atoms with Gasteiger partial charge in [0.15, 0.2) is 5.78 Å². The number of rotatable bonds is 4. The van der Waals surface area contributed by atoms with E-state index in [-0.39, 0.29) is 17.7 Å². The van der Waals surface area contributed by atoms with E-state index in [1.807, 2.05) is 54.6 Å². The van der Waals surface area contributed by atoms with Crippen LogP contribution in [0.25, 0.3) is 0 Å². The van der Waals surface area contributed by atoms with Crippen LogP contribution in [0.5, 0.6) is 5.75 Å². The fourth-order valence-electron chi connectivity index (χ4n) is 2.68. The third kappa shape index (κ3) is 3.00. The van der Waals surface area contributed by atoms with Crippen molar-refractivity contribution in [3.63, 3.8) is 0 Å². The molecule has 4 heteroatoms. The molecular formula is C18H16ClNO2. The van der Waals surface area contributed by atoms with Crippen LogP contribution in [0, 0.1) is 0 Å². The SMILES string of the molecule is COc1ccc([C@H]2C(=O)C=C[C@@H]2Nc2cccc(Cl)c2)cc1.